The maximum Gasteiger partial charge on any atom is 0.468 e. The van der Waals surface area contributed by atoms with Crippen LogP contribution in [0.3, 0.4) is 0 Å². The fourth-order valence-corrected chi connectivity index (χ4v) is 4.58. The Balaban J connectivity index is 1.59. The summed E-state index contributed by atoms with van der Waals surface area (Å²) in [5.74, 6) is -0.0796. The Bertz CT molecular complexity index is 1190. The van der Waals surface area contributed by atoms with E-state index in [4.69, 9.17) is 24.4 Å². The van der Waals surface area contributed by atoms with Crippen LogP contribution in [0.5, 0.6) is 11.5 Å². The van der Waals surface area contributed by atoms with Gasteiger partial charge in [-0.05, 0) is 37.1 Å². The summed E-state index contributed by atoms with van der Waals surface area (Å²) in [6, 6.07) is 6.93. The lowest BCUT2D eigenvalue weighted by Crippen LogP contribution is -2.51. The number of hydrogen-bond acceptors (Lipinski definition) is 7. The van der Waals surface area contributed by atoms with Gasteiger partial charge in [0.2, 0.25) is 0 Å². The van der Waals surface area contributed by atoms with Gasteiger partial charge in [-0.1, -0.05) is 0 Å². The van der Waals surface area contributed by atoms with Gasteiger partial charge in [-0.25, -0.2) is 4.98 Å². The molecule has 2 N–H and O–H groups in total. The Labute approximate surface area is 188 Å². The molecule has 1 aromatic heterocycles. The van der Waals surface area contributed by atoms with E-state index in [1.807, 2.05) is 19.1 Å². The van der Waals surface area contributed by atoms with Crippen LogP contribution in [0.4, 0.5) is 18.9 Å². The van der Waals surface area contributed by atoms with Crippen LogP contribution in [0.15, 0.2) is 28.7 Å². The highest BCUT2D eigenvalue weighted by molar-refractivity contribution is 5.96. The summed E-state index contributed by atoms with van der Waals surface area (Å²) in [4.78, 5) is 5.89. The Morgan fingerprint density at radius 3 is 2.76 bits per heavy atom. The zero-order chi connectivity index (χ0) is 23.3. The molecule has 2 atom stereocenters. The van der Waals surface area contributed by atoms with Crippen LogP contribution in [0.2, 0.25) is 0 Å². The van der Waals surface area contributed by atoms with Crippen molar-refractivity contribution in [1.29, 1.82) is 0 Å². The first kappa shape index (κ1) is 21.8. The number of alkyl halides is 3. The summed E-state index contributed by atoms with van der Waals surface area (Å²) >= 11 is 0. The number of hydrogen-bond donors (Lipinski definition) is 1. The third kappa shape index (κ3) is 3.97. The van der Waals surface area contributed by atoms with Gasteiger partial charge in [0.15, 0.2) is 5.58 Å². The Morgan fingerprint density at radius 2 is 2.03 bits per heavy atom. The molecule has 1 unspecified atom stereocenters. The number of ether oxygens (including phenoxy) is 3. The molecule has 7 nitrogen and oxygen atoms in total. The number of oxazole rings is 1. The molecule has 10 heteroatoms. The standard InChI is InChI=1S/C23H24F3N3O4/c1-12-10-29(5-6-31-12)13-7-17-16(8-14(30-2)9-19(17)32-11-13)15-3-4-18-21(20(15)27)33-22(28-18)23(24,25)26/h3-4,8-9,12-13H,5-7,10-11,27H2,1-2H3/t12-,13?/m1/s1. The van der Waals surface area contributed by atoms with Crippen LogP contribution < -0.4 is 15.2 Å². The monoisotopic (exact) mass is 463 g/mol. The quantitative estimate of drug-likeness (QED) is 0.585. The number of nitrogen functional groups attached to an aromatic ring is 1. The number of nitrogens with two attached hydrogens (primary N) is 1. The third-order valence-corrected chi connectivity index (χ3v) is 6.21. The average Bonchev–Trinajstić information content (AvgIpc) is 3.24. The summed E-state index contributed by atoms with van der Waals surface area (Å²) in [6.45, 7) is 4.85. The Hall–Kier alpha value is -2.98. The average molecular weight is 463 g/mol. The van der Waals surface area contributed by atoms with E-state index >= 15 is 0 Å². The molecule has 3 heterocycles. The number of fused-ring (bicyclic) bond motifs is 2. The molecular formula is C23H24F3N3O4. The van der Waals surface area contributed by atoms with E-state index in [-0.39, 0.29) is 28.9 Å². The van der Waals surface area contributed by atoms with Crippen molar-refractivity contribution in [3.05, 3.63) is 35.7 Å². The number of rotatable bonds is 3. The molecule has 0 saturated carbocycles. The van der Waals surface area contributed by atoms with Crippen LogP contribution >= 0.6 is 0 Å². The Morgan fingerprint density at radius 1 is 1.21 bits per heavy atom. The first-order chi connectivity index (χ1) is 15.7. The fourth-order valence-electron chi connectivity index (χ4n) is 4.58. The van der Waals surface area contributed by atoms with E-state index in [1.54, 1.807) is 13.2 Å². The number of morpholine rings is 1. The molecule has 0 bridgehead atoms. The van der Waals surface area contributed by atoms with Crippen molar-refractivity contribution in [3.8, 4) is 22.6 Å². The van der Waals surface area contributed by atoms with E-state index < -0.39 is 12.1 Å². The van der Waals surface area contributed by atoms with Crippen LogP contribution in [0.1, 0.15) is 18.4 Å². The minimum absolute atomic E-state index is 0.0526. The SMILES string of the molecule is COc1cc2c(c(-c3ccc4nc(C(F)(F)F)oc4c3N)c1)CC(N1CCO[C@H](C)C1)CO2. The highest BCUT2D eigenvalue weighted by Crippen LogP contribution is 2.43. The highest BCUT2D eigenvalue weighted by atomic mass is 19.4. The Kier molecular flexibility index (Phi) is 5.37. The summed E-state index contributed by atoms with van der Waals surface area (Å²) < 4.78 is 61.6. The maximum absolute atomic E-state index is 13.1. The molecule has 3 aromatic rings. The van der Waals surface area contributed by atoms with E-state index in [1.165, 1.54) is 6.07 Å². The topological polar surface area (TPSA) is 83.0 Å². The lowest BCUT2D eigenvalue weighted by molar-refractivity contribution is -0.156. The molecule has 2 aromatic carbocycles. The van der Waals surface area contributed by atoms with Crippen molar-refractivity contribution in [2.24, 2.45) is 0 Å². The summed E-state index contributed by atoms with van der Waals surface area (Å²) in [5.41, 5.74) is 8.57. The van der Waals surface area contributed by atoms with Crippen molar-refractivity contribution in [1.82, 2.24) is 9.88 Å². The van der Waals surface area contributed by atoms with Crippen molar-refractivity contribution >= 4 is 16.8 Å². The van der Waals surface area contributed by atoms with Gasteiger partial charge in [-0.2, -0.15) is 13.2 Å². The van der Waals surface area contributed by atoms with Gasteiger partial charge < -0.3 is 24.4 Å². The predicted octanol–water partition coefficient (Wildman–Crippen LogP) is 4.13. The van der Waals surface area contributed by atoms with Crippen LogP contribution in [-0.4, -0.2) is 55.4 Å². The minimum atomic E-state index is -4.70. The normalized spacial score (nSPS) is 21.6. The first-order valence-electron chi connectivity index (χ1n) is 10.7. The second-order valence-electron chi connectivity index (χ2n) is 8.39. The lowest BCUT2D eigenvalue weighted by atomic mass is 9.90. The highest BCUT2D eigenvalue weighted by Gasteiger charge is 2.38. The zero-order valence-electron chi connectivity index (χ0n) is 18.2. The van der Waals surface area contributed by atoms with E-state index in [2.05, 4.69) is 9.88 Å². The molecule has 33 heavy (non-hydrogen) atoms. The zero-order valence-corrected chi connectivity index (χ0v) is 18.2. The van der Waals surface area contributed by atoms with Gasteiger partial charge in [-0.3, -0.25) is 4.90 Å². The van der Waals surface area contributed by atoms with Gasteiger partial charge in [0.05, 0.1) is 25.5 Å². The second-order valence-corrected chi connectivity index (χ2v) is 8.39. The van der Waals surface area contributed by atoms with Gasteiger partial charge in [0.25, 0.3) is 0 Å². The molecule has 5 rings (SSSR count). The van der Waals surface area contributed by atoms with Crippen LogP contribution in [0.25, 0.3) is 22.2 Å². The third-order valence-electron chi connectivity index (χ3n) is 6.21. The number of aromatic nitrogens is 1. The second kappa shape index (κ2) is 8.11. The van der Waals surface area contributed by atoms with E-state index in [9.17, 15) is 13.2 Å². The van der Waals surface area contributed by atoms with Gasteiger partial charge >= 0.3 is 12.1 Å². The number of anilines is 1. The molecule has 1 fully saturated rings. The van der Waals surface area contributed by atoms with Crippen molar-refractivity contribution < 1.29 is 31.8 Å². The van der Waals surface area contributed by atoms with Gasteiger partial charge in [-0.15, -0.1) is 0 Å². The minimum Gasteiger partial charge on any atom is -0.497 e. The first-order valence-corrected chi connectivity index (χ1v) is 10.7. The molecule has 2 aliphatic heterocycles. The lowest BCUT2D eigenvalue weighted by Gasteiger charge is -2.39. The molecular weight excluding hydrogens is 439 g/mol. The smallest absolute Gasteiger partial charge is 0.468 e. The van der Waals surface area contributed by atoms with E-state index in [0.717, 1.165) is 24.2 Å². The van der Waals surface area contributed by atoms with Gasteiger partial charge in [0, 0.05) is 36.3 Å². The van der Waals surface area contributed by atoms with Crippen molar-refractivity contribution in [2.75, 3.05) is 39.1 Å². The number of benzene rings is 2. The number of methoxy groups -OCH3 is 1. The number of nitrogens with zero attached hydrogens (tertiary/aromatic N) is 2. The van der Waals surface area contributed by atoms with Crippen molar-refractivity contribution in [3.63, 3.8) is 0 Å². The molecule has 176 valence electrons. The number of halogens is 3. The molecule has 2 aliphatic rings. The summed E-state index contributed by atoms with van der Waals surface area (Å²) in [6.07, 6.45) is -3.86. The fraction of sp³-hybridized carbons (Fsp3) is 0.435. The molecule has 0 spiro atoms. The molecule has 0 amide bonds. The molecule has 0 radical (unpaired) electrons. The van der Waals surface area contributed by atoms with Gasteiger partial charge in [0.1, 0.15) is 23.6 Å². The molecule has 1 saturated heterocycles. The predicted molar refractivity (Wildman–Crippen MR) is 115 cm³/mol. The van der Waals surface area contributed by atoms with E-state index in [0.29, 0.717) is 36.7 Å². The largest absolute Gasteiger partial charge is 0.497 e. The molecule has 0 aliphatic carbocycles. The van der Waals surface area contributed by atoms with Crippen molar-refractivity contribution in [2.45, 2.75) is 31.7 Å². The van der Waals surface area contributed by atoms with Crippen LogP contribution in [0, 0.1) is 0 Å². The maximum atomic E-state index is 13.1. The summed E-state index contributed by atoms with van der Waals surface area (Å²) in [5, 5.41) is 0. The summed E-state index contributed by atoms with van der Waals surface area (Å²) in [7, 11) is 1.55. The van der Waals surface area contributed by atoms with Crippen LogP contribution in [-0.2, 0) is 17.3 Å².